The van der Waals surface area contributed by atoms with Crippen LogP contribution in [0, 0.1) is 5.82 Å². The van der Waals surface area contributed by atoms with Gasteiger partial charge < -0.3 is 5.11 Å². The van der Waals surface area contributed by atoms with Crippen molar-refractivity contribution in [2.75, 3.05) is 0 Å². The Morgan fingerprint density at radius 1 is 1.05 bits per heavy atom. The Kier molecular flexibility index (Phi) is 4.30. The normalized spacial score (nSPS) is 11.8. The van der Waals surface area contributed by atoms with E-state index in [4.69, 9.17) is 5.11 Å². The predicted molar refractivity (Wildman–Crippen MR) is 73.5 cm³/mol. The number of carbonyl (C=O) groups is 1. The highest BCUT2D eigenvalue weighted by Gasteiger charge is 2.34. The average Bonchev–Trinajstić information content (AvgIpc) is 2.44. The molecule has 2 nitrogen and oxygen atoms in total. The Balaban J connectivity index is 2.60. The molecular formula is C16H10F4O2. The van der Waals surface area contributed by atoms with Gasteiger partial charge in [-0.05, 0) is 29.3 Å². The van der Waals surface area contributed by atoms with E-state index in [1.54, 1.807) is 0 Å². The summed E-state index contributed by atoms with van der Waals surface area (Å²) >= 11 is 0. The second-order valence-corrected chi connectivity index (χ2v) is 4.45. The van der Waals surface area contributed by atoms with Crippen molar-refractivity contribution in [2.45, 2.75) is 6.18 Å². The molecule has 0 amide bonds. The quantitative estimate of drug-likeness (QED) is 0.664. The Bertz CT molecular complexity index is 733. The van der Waals surface area contributed by atoms with E-state index in [1.807, 2.05) is 0 Å². The minimum atomic E-state index is -4.69. The summed E-state index contributed by atoms with van der Waals surface area (Å²) in [6, 6.07) is 8.38. The maximum atomic E-state index is 13.7. The topological polar surface area (TPSA) is 37.3 Å². The molecular weight excluding hydrogens is 300 g/mol. The second-order valence-electron chi connectivity index (χ2n) is 4.45. The van der Waals surface area contributed by atoms with Crippen LogP contribution in [0.15, 0.2) is 48.5 Å². The fourth-order valence-corrected chi connectivity index (χ4v) is 1.98. The lowest BCUT2D eigenvalue weighted by molar-refractivity contribution is -0.137. The molecule has 0 spiro atoms. The van der Waals surface area contributed by atoms with Crippen molar-refractivity contribution in [1.29, 1.82) is 0 Å². The third-order valence-electron chi connectivity index (χ3n) is 2.93. The van der Waals surface area contributed by atoms with Gasteiger partial charge in [0.1, 0.15) is 5.82 Å². The maximum Gasteiger partial charge on any atom is 0.417 e. The van der Waals surface area contributed by atoms with Crippen LogP contribution >= 0.6 is 0 Å². The summed E-state index contributed by atoms with van der Waals surface area (Å²) in [5, 5.41) is 8.51. The highest BCUT2D eigenvalue weighted by Crippen LogP contribution is 2.38. The SMILES string of the molecule is O=C(O)C=Cc1ccc(-c2ccccc2F)c(C(F)(F)F)c1. The van der Waals surface area contributed by atoms with Gasteiger partial charge in [-0.3, -0.25) is 0 Å². The Hall–Kier alpha value is -2.63. The van der Waals surface area contributed by atoms with Gasteiger partial charge in [0.15, 0.2) is 0 Å². The molecule has 2 aromatic rings. The minimum Gasteiger partial charge on any atom is -0.478 e. The lowest BCUT2D eigenvalue weighted by Gasteiger charge is -2.14. The third-order valence-corrected chi connectivity index (χ3v) is 2.93. The van der Waals surface area contributed by atoms with Gasteiger partial charge in [-0.1, -0.05) is 30.3 Å². The van der Waals surface area contributed by atoms with Gasteiger partial charge in [0.25, 0.3) is 0 Å². The van der Waals surface area contributed by atoms with E-state index in [-0.39, 0.29) is 16.7 Å². The molecule has 114 valence electrons. The first-order chi connectivity index (χ1) is 10.3. The smallest absolute Gasteiger partial charge is 0.417 e. The van der Waals surface area contributed by atoms with Crippen molar-refractivity contribution in [3.8, 4) is 11.1 Å². The molecule has 0 bridgehead atoms. The summed E-state index contributed by atoms with van der Waals surface area (Å²) in [6.07, 6.45) is -2.91. The average molecular weight is 310 g/mol. The van der Waals surface area contributed by atoms with Crippen LogP contribution in [-0.4, -0.2) is 11.1 Å². The minimum absolute atomic E-state index is 0.0646. The van der Waals surface area contributed by atoms with Crippen LogP contribution in [-0.2, 0) is 11.0 Å². The lowest BCUT2D eigenvalue weighted by atomic mass is 9.96. The van der Waals surface area contributed by atoms with E-state index in [0.29, 0.717) is 0 Å². The Morgan fingerprint density at radius 3 is 2.32 bits per heavy atom. The predicted octanol–water partition coefficient (Wildman–Crippen LogP) is 4.61. The van der Waals surface area contributed by atoms with Gasteiger partial charge in [0.2, 0.25) is 0 Å². The maximum absolute atomic E-state index is 13.7. The molecule has 1 N–H and O–H groups in total. The number of hydrogen-bond donors (Lipinski definition) is 1. The van der Waals surface area contributed by atoms with Crippen molar-refractivity contribution in [3.63, 3.8) is 0 Å². The van der Waals surface area contributed by atoms with E-state index in [1.165, 1.54) is 24.3 Å². The van der Waals surface area contributed by atoms with Gasteiger partial charge >= 0.3 is 12.1 Å². The molecule has 0 radical (unpaired) electrons. The van der Waals surface area contributed by atoms with Gasteiger partial charge in [0, 0.05) is 11.6 Å². The monoisotopic (exact) mass is 310 g/mol. The Labute approximate surface area is 123 Å². The number of hydrogen-bond acceptors (Lipinski definition) is 1. The van der Waals surface area contributed by atoms with Crippen LogP contribution in [0.4, 0.5) is 17.6 Å². The number of carboxylic acids is 1. The number of alkyl halides is 3. The van der Waals surface area contributed by atoms with E-state index in [9.17, 15) is 22.4 Å². The Morgan fingerprint density at radius 2 is 1.73 bits per heavy atom. The van der Waals surface area contributed by atoms with E-state index < -0.39 is 23.5 Å². The summed E-state index contributed by atoms with van der Waals surface area (Å²) in [5.41, 5.74) is -1.42. The van der Waals surface area contributed by atoms with Crippen molar-refractivity contribution in [2.24, 2.45) is 0 Å². The summed E-state index contributed by atoms with van der Waals surface area (Å²) < 4.78 is 53.3. The van der Waals surface area contributed by atoms with Crippen LogP contribution in [0.3, 0.4) is 0 Å². The van der Waals surface area contributed by atoms with Gasteiger partial charge in [-0.25, -0.2) is 9.18 Å². The molecule has 0 saturated carbocycles. The molecule has 0 aliphatic carbocycles. The van der Waals surface area contributed by atoms with Crippen molar-refractivity contribution < 1.29 is 27.5 Å². The first-order valence-electron chi connectivity index (χ1n) is 6.16. The number of aliphatic carboxylic acids is 1. The summed E-state index contributed by atoms with van der Waals surface area (Å²) in [4.78, 5) is 10.4. The van der Waals surface area contributed by atoms with E-state index in [2.05, 4.69) is 0 Å². The zero-order valence-corrected chi connectivity index (χ0v) is 11.1. The first-order valence-corrected chi connectivity index (χ1v) is 6.16. The zero-order chi connectivity index (χ0) is 16.3. The standard InChI is InChI=1S/C16H10F4O2/c17-14-4-2-1-3-12(14)11-7-5-10(6-8-15(21)22)9-13(11)16(18,19)20/h1-9H,(H,21,22). The summed E-state index contributed by atoms with van der Waals surface area (Å²) in [6.45, 7) is 0. The van der Waals surface area contributed by atoms with Gasteiger partial charge in [0.05, 0.1) is 5.56 Å². The molecule has 0 fully saturated rings. The molecule has 2 rings (SSSR count). The van der Waals surface area contributed by atoms with Crippen LogP contribution in [0.2, 0.25) is 0 Å². The molecule has 6 heteroatoms. The third kappa shape index (κ3) is 3.52. The number of halogens is 4. The molecule has 2 aromatic carbocycles. The highest BCUT2D eigenvalue weighted by molar-refractivity contribution is 5.85. The van der Waals surface area contributed by atoms with Gasteiger partial charge in [-0.15, -0.1) is 0 Å². The molecule has 0 aromatic heterocycles. The highest BCUT2D eigenvalue weighted by atomic mass is 19.4. The van der Waals surface area contributed by atoms with Crippen LogP contribution in [0.5, 0.6) is 0 Å². The first kappa shape index (κ1) is 15.8. The zero-order valence-electron chi connectivity index (χ0n) is 11.1. The van der Waals surface area contributed by atoms with E-state index >= 15 is 0 Å². The fourth-order valence-electron chi connectivity index (χ4n) is 1.98. The molecule has 0 aliphatic heterocycles. The summed E-state index contributed by atoms with van der Waals surface area (Å²) in [5.74, 6) is -2.03. The van der Waals surface area contributed by atoms with Crippen LogP contribution < -0.4 is 0 Å². The molecule has 0 saturated heterocycles. The molecule has 22 heavy (non-hydrogen) atoms. The van der Waals surface area contributed by atoms with Crippen molar-refractivity contribution in [1.82, 2.24) is 0 Å². The number of rotatable bonds is 3. The molecule has 0 heterocycles. The molecule has 0 aliphatic rings. The fraction of sp³-hybridized carbons (Fsp3) is 0.0625. The lowest BCUT2D eigenvalue weighted by Crippen LogP contribution is -2.08. The van der Waals surface area contributed by atoms with Crippen molar-refractivity contribution in [3.05, 3.63) is 65.5 Å². The second kappa shape index (κ2) is 6.01. The van der Waals surface area contributed by atoms with Crippen LogP contribution in [0.1, 0.15) is 11.1 Å². The number of benzene rings is 2. The molecule has 0 unspecified atom stereocenters. The summed E-state index contributed by atoms with van der Waals surface area (Å²) in [7, 11) is 0. The molecule has 0 atom stereocenters. The number of carboxylic acid groups (broad SMARTS) is 1. The van der Waals surface area contributed by atoms with Crippen LogP contribution in [0.25, 0.3) is 17.2 Å². The largest absolute Gasteiger partial charge is 0.478 e. The van der Waals surface area contributed by atoms with Crippen molar-refractivity contribution >= 4 is 12.0 Å². The van der Waals surface area contributed by atoms with E-state index in [0.717, 1.165) is 30.4 Å². The van der Waals surface area contributed by atoms with Gasteiger partial charge in [-0.2, -0.15) is 13.2 Å².